The van der Waals surface area contributed by atoms with Crippen LogP contribution in [0.3, 0.4) is 0 Å². The molecule has 2 heterocycles. The maximum absolute atomic E-state index is 12.5. The summed E-state index contributed by atoms with van der Waals surface area (Å²) in [4.78, 5) is 43.4. The third kappa shape index (κ3) is 4.89. The molecular formula is C18H16N6O3S. The van der Waals surface area contributed by atoms with Crippen molar-refractivity contribution in [3.8, 4) is 0 Å². The Hall–Kier alpha value is -3.79. The summed E-state index contributed by atoms with van der Waals surface area (Å²) in [5.41, 5.74) is 8.92. The third-order valence-electron chi connectivity index (χ3n) is 3.51. The molecule has 3 aromatic rings. The molecule has 28 heavy (non-hydrogen) atoms. The number of carbonyl (C=O) groups excluding carboxylic acids is 3. The van der Waals surface area contributed by atoms with Gasteiger partial charge in [0.2, 0.25) is 5.91 Å². The maximum Gasteiger partial charge on any atom is 0.289 e. The van der Waals surface area contributed by atoms with Crippen LogP contribution < -0.4 is 21.5 Å². The molecule has 0 bridgehead atoms. The third-order valence-corrected chi connectivity index (χ3v) is 4.10. The van der Waals surface area contributed by atoms with E-state index in [2.05, 4.69) is 31.5 Å². The molecule has 0 radical (unpaired) electrons. The van der Waals surface area contributed by atoms with E-state index >= 15 is 0 Å². The van der Waals surface area contributed by atoms with Crippen LogP contribution in [0.2, 0.25) is 0 Å². The number of aromatic nitrogens is 2. The van der Waals surface area contributed by atoms with Crippen LogP contribution in [0.4, 0.5) is 17.1 Å². The number of nitrogens with one attached hydrogen (secondary N) is 4. The number of carbonyl (C=O) groups is 3. The van der Waals surface area contributed by atoms with Crippen molar-refractivity contribution in [3.63, 3.8) is 0 Å². The van der Waals surface area contributed by atoms with Crippen molar-refractivity contribution in [2.24, 2.45) is 0 Å². The highest BCUT2D eigenvalue weighted by Crippen LogP contribution is 2.20. The molecule has 4 N–H and O–H groups in total. The summed E-state index contributed by atoms with van der Waals surface area (Å²) in [5, 5.41) is 7.01. The summed E-state index contributed by atoms with van der Waals surface area (Å²) in [6, 6.07) is 8.06. The van der Waals surface area contributed by atoms with E-state index in [9.17, 15) is 14.4 Å². The van der Waals surface area contributed by atoms with Gasteiger partial charge in [-0.1, -0.05) is 0 Å². The topological polar surface area (TPSA) is 125 Å². The molecule has 0 saturated carbocycles. The summed E-state index contributed by atoms with van der Waals surface area (Å²) in [6.07, 6.45) is 2.99. The molecule has 0 spiro atoms. The SMILES string of the molecule is CC(=O)Nc1ccc(C(=O)Nc2ccncc2NNC(=O)c2cscn2)cc1. The smallest absolute Gasteiger partial charge is 0.289 e. The Bertz CT molecular complexity index is 989. The maximum atomic E-state index is 12.5. The van der Waals surface area contributed by atoms with Crippen molar-refractivity contribution in [2.75, 3.05) is 16.1 Å². The second kappa shape index (κ2) is 8.73. The molecule has 0 aliphatic heterocycles. The quantitative estimate of drug-likeness (QED) is 0.475. The Morgan fingerprint density at radius 3 is 2.43 bits per heavy atom. The lowest BCUT2D eigenvalue weighted by Gasteiger charge is -2.13. The van der Waals surface area contributed by atoms with Gasteiger partial charge in [0.05, 0.1) is 23.1 Å². The molecule has 3 amide bonds. The fourth-order valence-corrected chi connectivity index (χ4v) is 2.75. The van der Waals surface area contributed by atoms with Crippen LogP contribution in [0.25, 0.3) is 0 Å². The van der Waals surface area contributed by atoms with E-state index in [4.69, 9.17) is 0 Å². The van der Waals surface area contributed by atoms with Gasteiger partial charge < -0.3 is 10.6 Å². The van der Waals surface area contributed by atoms with E-state index in [1.165, 1.54) is 30.7 Å². The van der Waals surface area contributed by atoms with Gasteiger partial charge in [-0.25, -0.2) is 4.98 Å². The molecule has 9 nitrogen and oxygen atoms in total. The van der Waals surface area contributed by atoms with Crippen molar-refractivity contribution in [3.05, 3.63) is 64.9 Å². The summed E-state index contributed by atoms with van der Waals surface area (Å²) >= 11 is 1.31. The molecule has 3 rings (SSSR count). The minimum Gasteiger partial charge on any atom is -0.326 e. The van der Waals surface area contributed by atoms with Gasteiger partial charge in [-0.05, 0) is 30.3 Å². The number of thiazole rings is 1. The number of hydrogen-bond donors (Lipinski definition) is 4. The monoisotopic (exact) mass is 396 g/mol. The van der Waals surface area contributed by atoms with Gasteiger partial charge in [-0.15, -0.1) is 11.3 Å². The average Bonchev–Trinajstić information content (AvgIpc) is 3.22. The van der Waals surface area contributed by atoms with E-state index in [-0.39, 0.29) is 17.5 Å². The number of pyridine rings is 1. The lowest BCUT2D eigenvalue weighted by atomic mass is 10.2. The zero-order valence-electron chi connectivity index (χ0n) is 14.7. The predicted molar refractivity (Wildman–Crippen MR) is 106 cm³/mol. The number of rotatable bonds is 6. The Morgan fingerprint density at radius 2 is 1.75 bits per heavy atom. The van der Waals surface area contributed by atoms with Gasteiger partial charge in [-0.3, -0.25) is 30.2 Å². The minimum atomic E-state index is -0.407. The number of amides is 3. The van der Waals surface area contributed by atoms with E-state index in [0.717, 1.165) is 0 Å². The predicted octanol–water partition coefficient (Wildman–Crippen LogP) is 2.51. The van der Waals surface area contributed by atoms with Crippen LogP contribution in [0.1, 0.15) is 27.8 Å². The van der Waals surface area contributed by atoms with Crippen LogP contribution in [-0.2, 0) is 4.79 Å². The second-order valence-corrected chi connectivity index (χ2v) is 6.31. The molecule has 142 valence electrons. The Kier molecular flexibility index (Phi) is 5.92. The summed E-state index contributed by atoms with van der Waals surface area (Å²) in [6.45, 7) is 1.41. The van der Waals surface area contributed by atoms with E-state index in [1.54, 1.807) is 41.2 Å². The van der Waals surface area contributed by atoms with Crippen LogP contribution in [0, 0.1) is 0 Å². The molecule has 0 aliphatic rings. The Labute approximate surface area is 164 Å². The normalized spacial score (nSPS) is 10.0. The molecule has 0 atom stereocenters. The zero-order chi connectivity index (χ0) is 19.9. The van der Waals surface area contributed by atoms with Gasteiger partial charge in [0.15, 0.2) is 0 Å². The molecule has 0 unspecified atom stereocenters. The van der Waals surface area contributed by atoms with Gasteiger partial charge in [-0.2, -0.15) is 0 Å². The van der Waals surface area contributed by atoms with Crippen molar-refractivity contribution >= 4 is 46.1 Å². The fraction of sp³-hybridized carbons (Fsp3) is 0.0556. The lowest BCUT2D eigenvalue weighted by Crippen LogP contribution is -2.30. The van der Waals surface area contributed by atoms with Crippen LogP contribution >= 0.6 is 11.3 Å². The van der Waals surface area contributed by atoms with E-state index in [1.807, 2.05) is 0 Å². The largest absolute Gasteiger partial charge is 0.326 e. The highest BCUT2D eigenvalue weighted by molar-refractivity contribution is 7.07. The second-order valence-electron chi connectivity index (χ2n) is 5.59. The summed E-state index contributed by atoms with van der Waals surface area (Å²) in [7, 11) is 0. The van der Waals surface area contributed by atoms with Crippen LogP contribution in [0.15, 0.2) is 53.6 Å². The molecule has 0 aliphatic carbocycles. The number of hydrazine groups is 1. The molecule has 10 heteroatoms. The average molecular weight is 396 g/mol. The number of nitrogens with zero attached hydrogens (tertiary/aromatic N) is 2. The van der Waals surface area contributed by atoms with Gasteiger partial charge in [0.25, 0.3) is 11.8 Å². The van der Waals surface area contributed by atoms with Crippen molar-refractivity contribution in [2.45, 2.75) is 6.92 Å². The Balaban J connectivity index is 1.66. The first-order chi connectivity index (χ1) is 13.5. The van der Waals surface area contributed by atoms with Crippen molar-refractivity contribution in [1.29, 1.82) is 0 Å². The number of benzene rings is 1. The highest BCUT2D eigenvalue weighted by Gasteiger charge is 2.11. The zero-order valence-corrected chi connectivity index (χ0v) is 15.5. The molecular weight excluding hydrogens is 380 g/mol. The van der Waals surface area contributed by atoms with E-state index < -0.39 is 5.91 Å². The molecule has 1 aromatic carbocycles. The number of anilines is 3. The van der Waals surface area contributed by atoms with Crippen molar-refractivity contribution < 1.29 is 14.4 Å². The lowest BCUT2D eigenvalue weighted by molar-refractivity contribution is -0.114. The van der Waals surface area contributed by atoms with Gasteiger partial charge >= 0.3 is 0 Å². The van der Waals surface area contributed by atoms with E-state index in [0.29, 0.717) is 22.6 Å². The molecule has 0 saturated heterocycles. The van der Waals surface area contributed by atoms with Gasteiger partial charge in [0, 0.05) is 29.8 Å². The highest BCUT2D eigenvalue weighted by atomic mass is 32.1. The van der Waals surface area contributed by atoms with Crippen LogP contribution in [-0.4, -0.2) is 27.7 Å². The van der Waals surface area contributed by atoms with Crippen molar-refractivity contribution in [1.82, 2.24) is 15.4 Å². The summed E-state index contributed by atoms with van der Waals surface area (Å²) < 4.78 is 0. The minimum absolute atomic E-state index is 0.190. The fourth-order valence-electron chi connectivity index (χ4n) is 2.22. The first-order valence-corrected chi connectivity index (χ1v) is 9.05. The first kappa shape index (κ1) is 19.0. The summed E-state index contributed by atoms with van der Waals surface area (Å²) in [5.74, 6) is -0.949. The number of hydrogen-bond acceptors (Lipinski definition) is 7. The molecule has 2 aromatic heterocycles. The Morgan fingerprint density at radius 1 is 0.964 bits per heavy atom. The first-order valence-electron chi connectivity index (χ1n) is 8.10. The standard InChI is InChI=1S/C18H16N6O3S/c1-11(25)21-13-4-2-12(3-5-13)17(26)22-14-6-7-19-8-15(14)23-24-18(27)16-9-28-10-20-16/h2-10,23H,1H3,(H,21,25)(H,24,27)(H,19,22,26). The van der Waals surface area contributed by atoms with Gasteiger partial charge in [0.1, 0.15) is 5.69 Å². The van der Waals surface area contributed by atoms with Crippen LogP contribution in [0.5, 0.6) is 0 Å². The molecule has 0 fully saturated rings.